The Hall–Kier alpha value is -4.37. The molecule has 0 atom stereocenters. The summed E-state index contributed by atoms with van der Waals surface area (Å²) in [4.78, 5) is 37.8. The summed E-state index contributed by atoms with van der Waals surface area (Å²) >= 11 is 0. The van der Waals surface area contributed by atoms with Crippen molar-refractivity contribution in [1.82, 2.24) is 14.8 Å². The topological polar surface area (TPSA) is 84.1 Å². The molecule has 196 valence electrons. The summed E-state index contributed by atoms with van der Waals surface area (Å²) < 4.78 is 0. The summed E-state index contributed by atoms with van der Waals surface area (Å²) in [7, 11) is 3.93. The van der Waals surface area contributed by atoms with Gasteiger partial charge in [0, 0.05) is 74.7 Å². The summed E-state index contributed by atoms with van der Waals surface area (Å²) in [5.41, 5.74) is 5.45. The highest BCUT2D eigenvalue weighted by molar-refractivity contribution is 5.99. The first kappa shape index (κ1) is 25.3. The van der Waals surface area contributed by atoms with E-state index in [0.29, 0.717) is 24.6 Å². The molecule has 3 heterocycles. The Morgan fingerprint density at radius 1 is 1.05 bits per heavy atom. The lowest BCUT2D eigenvalue weighted by Crippen LogP contribution is -2.44. The van der Waals surface area contributed by atoms with E-state index in [-0.39, 0.29) is 11.9 Å². The zero-order chi connectivity index (χ0) is 26.6. The van der Waals surface area contributed by atoms with Crippen LogP contribution in [0, 0.1) is 0 Å². The van der Waals surface area contributed by atoms with Gasteiger partial charge in [-0.3, -0.25) is 9.69 Å². The molecule has 2 aliphatic rings. The monoisotopic (exact) mass is 511 g/mol. The fraction of sp³-hybridized carbons (Fsp3) is 0.276. The number of carbonyl (C=O) groups is 2. The standard InChI is InChI=1S/C29H33N7O2/c1-4-28(37)32-25-8-6-5-7-21(25)19-36-20-22-18-30-27(17-26(22)34(3)29(36)38)31-23-9-11-24(12-10-23)35-15-13-33(2)14-16-35/h4-12,17-18H,1,13-16,19-20H2,2-3H3,(H,30,31)(H,32,37). The molecule has 38 heavy (non-hydrogen) atoms. The number of nitrogens with zero attached hydrogens (tertiary/aromatic N) is 5. The van der Waals surface area contributed by atoms with Gasteiger partial charge in [-0.05, 0) is 49.0 Å². The van der Waals surface area contributed by atoms with E-state index in [0.717, 1.165) is 48.7 Å². The summed E-state index contributed by atoms with van der Waals surface area (Å²) in [6.07, 6.45) is 3.05. The van der Waals surface area contributed by atoms with E-state index in [1.165, 1.54) is 11.8 Å². The number of hydrogen-bond acceptors (Lipinski definition) is 6. The number of pyridine rings is 1. The Balaban J connectivity index is 1.28. The van der Waals surface area contributed by atoms with Gasteiger partial charge in [-0.15, -0.1) is 0 Å². The third-order valence-electron chi connectivity index (χ3n) is 7.07. The average molecular weight is 512 g/mol. The van der Waals surface area contributed by atoms with Crippen LogP contribution in [0.2, 0.25) is 0 Å². The van der Waals surface area contributed by atoms with Crippen LogP contribution in [0.1, 0.15) is 11.1 Å². The highest BCUT2D eigenvalue weighted by Crippen LogP contribution is 2.32. The first-order valence-corrected chi connectivity index (χ1v) is 12.7. The maximum Gasteiger partial charge on any atom is 0.324 e. The van der Waals surface area contributed by atoms with E-state index in [1.807, 2.05) is 36.5 Å². The van der Waals surface area contributed by atoms with Crippen LogP contribution in [-0.2, 0) is 17.9 Å². The van der Waals surface area contributed by atoms with Gasteiger partial charge in [0.25, 0.3) is 0 Å². The summed E-state index contributed by atoms with van der Waals surface area (Å²) in [5.74, 6) is 0.393. The number of rotatable bonds is 7. The molecule has 1 fully saturated rings. The molecule has 0 unspecified atom stereocenters. The van der Waals surface area contributed by atoms with Crippen LogP contribution >= 0.6 is 0 Å². The van der Waals surface area contributed by atoms with Gasteiger partial charge in [0.15, 0.2) is 0 Å². The van der Waals surface area contributed by atoms with Crippen molar-refractivity contribution in [3.8, 4) is 0 Å². The van der Waals surface area contributed by atoms with Gasteiger partial charge >= 0.3 is 6.03 Å². The number of nitrogens with one attached hydrogen (secondary N) is 2. The lowest BCUT2D eigenvalue weighted by Gasteiger charge is -2.35. The van der Waals surface area contributed by atoms with Gasteiger partial charge in [-0.25, -0.2) is 9.78 Å². The molecule has 0 aliphatic carbocycles. The van der Waals surface area contributed by atoms with E-state index in [1.54, 1.807) is 16.8 Å². The summed E-state index contributed by atoms with van der Waals surface area (Å²) in [6, 6.07) is 17.7. The van der Waals surface area contributed by atoms with Gasteiger partial charge in [0.1, 0.15) is 5.82 Å². The SMILES string of the molecule is C=CC(=O)Nc1ccccc1CN1Cc2cnc(Nc3ccc(N4CCN(C)CC4)cc3)cc2N(C)C1=O. The van der Waals surface area contributed by atoms with Gasteiger partial charge in [-0.2, -0.15) is 0 Å². The minimum Gasteiger partial charge on any atom is -0.369 e. The number of carbonyl (C=O) groups excluding carboxylic acids is 2. The molecular weight excluding hydrogens is 478 g/mol. The minimum atomic E-state index is -0.289. The molecule has 0 radical (unpaired) electrons. The minimum absolute atomic E-state index is 0.115. The van der Waals surface area contributed by atoms with Crippen molar-refractivity contribution < 1.29 is 9.59 Å². The first-order valence-electron chi connectivity index (χ1n) is 12.7. The van der Waals surface area contributed by atoms with Crippen LogP contribution in [0.25, 0.3) is 0 Å². The molecule has 1 saturated heterocycles. The van der Waals surface area contributed by atoms with Crippen LogP contribution in [0.3, 0.4) is 0 Å². The lowest BCUT2D eigenvalue weighted by molar-refractivity contribution is -0.111. The van der Waals surface area contributed by atoms with Crippen LogP contribution in [0.5, 0.6) is 0 Å². The van der Waals surface area contributed by atoms with Crippen molar-refractivity contribution >= 4 is 40.5 Å². The quantitative estimate of drug-likeness (QED) is 0.461. The summed E-state index contributed by atoms with van der Waals surface area (Å²) in [5, 5.41) is 6.19. The second-order valence-corrected chi connectivity index (χ2v) is 9.71. The van der Waals surface area contributed by atoms with Crippen molar-refractivity contribution in [2.24, 2.45) is 0 Å². The first-order chi connectivity index (χ1) is 18.4. The average Bonchev–Trinajstić information content (AvgIpc) is 2.94. The molecule has 3 aromatic rings. The van der Waals surface area contributed by atoms with Crippen LogP contribution in [-0.4, -0.2) is 67.0 Å². The zero-order valence-electron chi connectivity index (χ0n) is 21.9. The Kier molecular flexibility index (Phi) is 7.28. The fourth-order valence-corrected chi connectivity index (χ4v) is 4.83. The smallest absolute Gasteiger partial charge is 0.324 e. The normalized spacial score (nSPS) is 15.7. The fourth-order valence-electron chi connectivity index (χ4n) is 4.83. The maximum absolute atomic E-state index is 13.3. The summed E-state index contributed by atoms with van der Waals surface area (Å²) in [6.45, 7) is 8.49. The zero-order valence-corrected chi connectivity index (χ0v) is 21.9. The van der Waals surface area contributed by atoms with Crippen molar-refractivity contribution in [2.75, 3.05) is 60.7 Å². The van der Waals surface area contributed by atoms with Crippen molar-refractivity contribution in [3.05, 3.63) is 84.6 Å². The molecule has 5 rings (SSSR count). The molecule has 0 spiro atoms. The van der Waals surface area contributed by atoms with Crippen LogP contribution in [0.4, 0.5) is 33.4 Å². The number of amides is 3. The van der Waals surface area contributed by atoms with Crippen molar-refractivity contribution in [1.29, 1.82) is 0 Å². The van der Waals surface area contributed by atoms with E-state index in [2.05, 4.69) is 63.3 Å². The number of likely N-dealkylation sites (N-methyl/N-ethyl adjacent to an activating group) is 1. The third-order valence-corrected chi connectivity index (χ3v) is 7.07. The van der Waals surface area contributed by atoms with Gasteiger partial charge in [-0.1, -0.05) is 24.8 Å². The molecular formula is C29H33N7O2. The van der Waals surface area contributed by atoms with Crippen molar-refractivity contribution in [2.45, 2.75) is 13.1 Å². The number of benzene rings is 2. The second-order valence-electron chi connectivity index (χ2n) is 9.71. The van der Waals surface area contributed by atoms with E-state index in [4.69, 9.17) is 0 Å². The predicted molar refractivity (Wildman–Crippen MR) is 152 cm³/mol. The van der Waals surface area contributed by atoms with E-state index in [9.17, 15) is 9.59 Å². The Morgan fingerprint density at radius 2 is 1.79 bits per heavy atom. The number of urea groups is 1. The molecule has 0 saturated carbocycles. The lowest BCUT2D eigenvalue weighted by atomic mass is 10.1. The van der Waals surface area contributed by atoms with E-state index >= 15 is 0 Å². The van der Waals surface area contributed by atoms with Crippen molar-refractivity contribution in [3.63, 3.8) is 0 Å². The van der Waals surface area contributed by atoms with Gasteiger partial charge in [0.2, 0.25) is 5.91 Å². The molecule has 9 nitrogen and oxygen atoms in total. The molecule has 9 heteroatoms. The number of para-hydroxylation sites is 1. The largest absolute Gasteiger partial charge is 0.369 e. The number of anilines is 5. The van der Waals surface area contributed by atoms with E-state index < -0.39 is 0 Å². The molecule has 3 amide bonds. The Morgan fingerprint density at radius 3 is 2.53 bits per heavy atom. The molecule has 2 aromatic carbocycles. The molecule has 0 bridgehead atoms. The predicted octanol–water partition coefficient (Wildman–Crippen LogP) is 4.27. The molecule has 2 N–H and O–H groups in total. The third kappa shape index (κ3) is 5.47. The van der Waals surface area contributed by atoms with Gasteiger partial charge in [0.05, 0.1) is 12.2 Å². The molecule has 2 aliphatic heterocycles. The number of fused-ring (bicyclic) bond motifs is 1. The Labute approximate surface area is 223 Å². The maximum atomic E-state index is 13.3. The number of piperazine rings is 1. The van der Waals surface area contributed by atoms with Gasteiger partial charge < -0.3 is 25.3 Å². The molecule has 1 aromatic heterocycles. The number of aromatic nitrogens is 1. The Bertz CT molecular complexity index is 1330. The number of hydrogen-bond donors (Lipinski definition) is 2. The highest BCUT2D eigenvalue weighted by atomic mass is 16.2. The second kappa shape index (κ2) is 10.9. The van der Waals surface area contributed by atoms with Crippen LogP contribution < -0.4 is 20.4 Å². The van der Waals surface area contributed by atoms with Crippen LogP contribution in [0.15, 0.2) is 73.4 Å². The highest BCUT2D eigenvalue weighted by Gasteiger charge is 2.29.